The van der Waals surface area contributed by atoms with Crippen molar-refractivity contribution in [3.05, 3.63) is 23.3 Å². The van der Waals surface area contributed by atoms with Crippen LogP contribution in [0.4, 0.5) is 11.4 Å². The van der Waals surface area contributed by atoms with Gasteiger partial charge in [0.1, 0.15) is 6.04 Å². The average molecular weight is 261 g/mol. The van der Waals surface area contributed by atoms with E-state index in [1.54, 1.807) is 0 Å². The molecule has 1 heterocycles. The molecule has 0 unspecified atom stereocenters. The maximum atomic E-state index is 11.9. The van der Waals surface area contributed by atoms with Crippen molar-refractivity contribution in [2.45, 2.75) is 33.2 Å². The van der Waals surface area contributed by atoms with Gasteiger partial charge in [0.05, 0.1) is 17.8 Å². The number of benzene rings is 1. The molecule has 2 amide bonds. The van der Waals surface area contributed by atoms with E-state index < -0.39 is 6.04 Å². The van der Waals surface area contributed by atoms with Crippen molar-refractivity contribution in [3.8, 4) is 0 Å². The van der Waals surface area contributed by atoms with E-state index in [-0.39, 0.29) is 18.2 Å². The molecule has 0 saturated carbocycles. The number of amides is 2. The molecule has 3 N–H and O–H groups in total. The maximum Gasteiger partial charge on any atom is 0.247 e. The number of hydrogen-bond donors (Lipinski definition) is 3. The van der Waals surface area contributed by atoms with Gasteiger partial charge in [-0.25, -0.2) is 0 Å². The Labute approximate surface area is 112 Å². The molecule has 1 atom stereocenters. The minimum absolute atomic E-state index is 0.123. The Hall–Kier alpha value is -2.04. The number of carbonyl (C=O) groups excluding carboxylic acids is 2. The van der Waals surface area contributed by atoms with Crippen molar-refractivity contribution < 1.29 is 9.59 Å². The smallest absolute Gasteiger partial charge is 0.247 e. The van der Waals surface area contributed by atoms with Gasteiger partial charge < -0.3 is 16.0 Å². The third-order valence-electron chi connectivity index (χ3n) is 3.30. The van der Waals surface area contributed by atoms with Gasteiger partial charge in [-0.2, -0.15) is 0 Å². The molecule has 1 aromatic carbocycles. The predicted octanol–water partition coefficient (Wildman–Crippen LogP) is 1.56. The lowest BCUT2D eigenvalue weighted by molar-refractivity contribution is -0.124. The summed E-state index contributed by atoms with van der Waals surface area (Å²) in [4.78, 5) is 23.5. The van der Waals surface area contributed by atoms with E-state index in [1.165, 1.54) is 0 Å². The van der Waals surface area contributed by atoms with Gasteiger partial charge in [-0.1, -0.05) is 0 Å². The molecule has 0 fully saturated rings. The molecule has 102 valence electrons. The fourth-order valence-corrected chi connectivity index (χ4v) is 2.11. The minimum Gasteiger partial charge on any atom is -0.372 e. The van der Waals surface area contributed by atoms with Crippen LogP contribution in [0, 0.1) is 13.8 Å². The van der Waals surface area contributed by atoms with E-state index in [0.29, 0.717) is 6.54 Å². The van der Waals surface area contributed by atoms with Gasteiger partial charge in [-0.15, -0.1) is 0 Å². The fraction of sp³-hybridized carbons (Fsp3) is 0.429. The lowest BCUT2D eigenvalue weighted by atomic mass is 10.0. The van der Waals surface area contributed by atoms with Crippen molar-refractivity contribution >= 4 is 23.2 Å². The molecule has 1 aliphatic heterocycles. The van der Waals surface area contributed by atoms with Crippen molar-refractivity contribution in [3.63, 3.8) is 0 Å². The SMILES string of the molecule is CCNC(=O)C[C@@H]1Nc2cc(C)c(C)cc2NC1=O. The summed E-state index contributed by atoms with van der Waals surface area (Å²) in [6.45, 7) is 6.45. The molecular weight excluding hydrogens is 242 g/mol. The van der Waals surface area contributed by atoms with E-state index in [4.69, 9.17) is 0 Å². The number of fused-ring (bicyclic) bond motifs is 1. The molecule has 0 aliphatic carbocycles. The standard InChI is InChI=1S/C14H19N3O2/c1-4-15-13(18)7-12-14(19)17-11-6-9(3)8(2)5-10(11)16-12/h5-6,12,16H,4,7H2,1-3H3,(H,15,18)(H,17,19)/t12-/m0/s1. The highest BCUT2D eigenvalue weighted by Gasteiger charge is 2.27. The van der Waals surface area contributed by atoms with Crippen LogP contribution in [0.2, 0.25) is 0 Å². The highest BCUT2D eigenvalue weighted by atomic mass is 16.2. The maximum absolute atomic E-state index is 11.9. The van der Waals surface area contributed by atoms with Crippen molar-refractivity contribution in [2.75, 3.05) is 17.2 Å². The molecule has 5 nitrogen and oxygen atoms in total. The average Bonchev–Trinajstić information content (AvgIpc) is 2.33. The van der Waals surface area contributed by atoms with Crippen LogP contribution in [0.5, 0.6) is 0 Å². The predicted molar refractivity (Wildman–Crippen MR) is 75.3 cm³/mol. The molecule has 0 spiro atoms. The molecule has 0 radical (unpaired) electrons. The summed E-state index contributed by atoms with van der Waals surface area (Å²) in [5.74, 6) is -0.288. The zero-order valence-corrected chi connectivity index (χ0v) is 11.5. The fourth-order valence-electron chi connectivity index (χ4n) is 2.11. The Morgan fingerprint density at radius 2 is 1.89 bits per heavy atom. The monoisotopic (exact) mass is 261 g/mol. The number of hydrogen-bond acceptors (Lipinski definition) is 3. The van der Waals surface area contributed by atoms with E-state index in [9.17, 15) is 9.59 Å². The lowest BCUT2D eigenvalue weighted by Crippen LogP contribution is -2.42. The molecule has 1 aliphatic rings. The molecule has 0 aromatic heterocycles. The van der Waals surface area contributed by atoms with Crippen molar-refractivity contribution in [1.29, 1.82) is 0 Å². The first-order chi connectivity index (χ1) is 9.01. The van der Waals surface area contributed by atoms with Gasteiger partial charge in [-0.3, -0.25) is 9.59 Å². The molecule has 19 heavy (non-hydrogen) atoms. The van der Waals surface area contributed by atoms with E-state index in [0.717, 1.165) is 22.5 Å². The number of aryl methyl sites for hydroxylation is 2. The zero-order chi connectivity index (χ0) is 14.0. The Morgan fingerprint density at radius 1 is 1.26 bits per heavy atom. The molecule has 2 rings (SSSR count). The summed E-state index contributed by atoms with van der Waals surface area (Å²) in [5, 5.41) is 8.67. The van der Waals surface area contributed by atoms with Gasteiger partial charge >= 0.3 is 0 Å². The lowest BCUT2D eigenvalue weighted by Gasteiger charge is -2.27. The number of anilines is 2. The second-order valence-corrected chi connectivity index (χ2v) is 4.83. The van der Waals surface area contributed by atoms with Gasteiger partial charge in [0.15, 0.2) is 0 Å². The van der Waals surface area contributed by atoms with Crippen LogP contribution in [-0.2, 0) is 9.59 Å². The zero-order valence-electron chi connectivity index (χ0n) is 11.5. The molecule has 5 heteroatoms. The third-order valence-corrected chi connectivity index (χ3v) is 3.30. The Bertz CT molecular complexity index is 526. The van der Waals surface area contributed by atoms with E-state index >= 15 is 0 Å². The number of rotatable bonds is 3. The third kappa shape index (κ3) is 2.86. The van der Waals surface area contributed by atoms with E-state index in [1.807, 2.05) is 32.9 Å². The second-order valence-electron chi connectivity index (χ2n) is 4.83. The van der Waals surface area contributed by atoms with Crippen molar-refractivity contribution in [1.82, 2.24) is 5.32 Å². The van der Waals surface area contributed by atoms with Crippen molar-refractivity contribution in [2.24, 2.45) is 0 Å². The summed E-state index contributed by atoms with van der Waals surface area (Å²) >= 11 is 0. The highest BCUT2D eigenvalue weighted by Crippen LogP contribution is 2.30. The first kappa shape index (κ1) is 13.4. The van der Waals surface area contributed by atoms with Crippen LogP contribution in [0.1, 0.15) is 24.5 Å². The van der Waals surface area contributed by atoms with Crippen LogP contribution in [0.3, 0.4) is 0 Å². The van der Waals surface area contributed by atoms with Gasteiger partial charge in [0, 0.05) is 6.54 Å². The topological polar surface area (TPSA) is 70.2 Å². The van der Waals surface area contributed by atoms with Gasteiger partial charge in [0.2, 0.25) is 11.8 Å². The highest BCUT2D eigenvalue weighted by molar-refractivity contribution is 6.05. The van der Waals surface area contributed by atoms with Crippen LogP contribution < -0.4 is 16.0 Å². The Kier molecular flexibility index (Phi) is 3.74. The first-order valence-corrected chi connectivity index (χ1v) is 6.46. The quantitative estimate of drug-likeness (QED) is 0.773. The Balaban J connectivity index is 2.17. The van der Waals surface area contributed by atoms with Crippen LogP contribution in [-0.4, -0.2) is 24.4 Å². The van der Waals surface area contributed by atoms with Crippen LogP contribution >= 0.6 is 0 Å². The molecule has 0 bridgehead atoms. The molecule has 1 aromatic rings. The second kappa shape index (κ2) is 5.30. The molecular formula is C14H19N3O2. The van der Waals surface area contributed by atoms with Crippen LogP contribution in [0.15, 0.2) is 12.1 Å². The summed E-state index contributed by atoms with van der Waals surface area (Å²) in [6, 6.07) is 3.42. The number of carbonyl (C=O) groups is 2. The Morgan fingerprint density at radius 3 is 2.53 bits per heavy atom. The van der Waals surface area contributed by atoms with Gasteiger partial charge in [-0.05, 0) is 44.0 Å². The summed E-state index contributed by atoms with van der Waals surface area (Å²) < 4.78 is 0. The first-order valence-electron chi connectivity index (χ1n) is 6.46. The summed E-state index contributed by atoms with van der Waals surface area (Å²) in [7, 11) is 0. The minimum atomic E-state index is -0.513. The normalized spacial score (nSPS) is 17.2. The van der Waals surface area contributed by atoms with Crippen LogP contribution in [0.25, 0.3) is 0 Å². The summed E-state index contributed by atoms with van der Waals surface area (Å²) in [5.41, 5.74) is 3.93. The number of nitrogens with one attached hydrogen (secondary N) is 3. The summed E-state index contributed by atoms with van der Waals surface area (Å²) in [6.07, 6.45) is 0.145. The largest absolute Gasteiger partial charge is 0.372 e. The molecule has 0 saturated heterocycles. The van der Waals surface area contributed by atoms with E-state index in [2.05, 4.69) is 16.0 Å². The van der Waals surface area contributed by atoms with Gasteiger partial charge in [0.25, 0.3) is 0 Å².